The van der Waals surface area contributed by atoms with Crippen LogP contribution >= 0.6 is 12.4 Å². The van der Waals surface area contributed by atoms with Crippen molar-refractivity contribution >= 4 is 30.1 Å². The summed E-state index contributed by atoms with van der Waals surface area (Å²) in [5, 5.41) is 8.60. The molecular formula is C24H24ClF5N6O. The van der Waals surface area contributed by atoms with Crippen LogP contribution in [0.3, 0.4) is 0 Å². The van der Waals surface area contributed by atoms with Gasteiger partial charge in [0.25, 0.3) is 0 Å². The van der Waals surface area contributed by atoms with Crippen molar-refractivity contribution in [3.05, 3.63) is 82.7 Å². The summed E-state index contributed by atoms with van der Waals surface area (Å²) in [6.07, 6.45) is -2.64. The van der Waals surface area contributed by atoms with E-state index in [0.717, 1.165) is 17.7 Å². The number of rotatable bonds is 6. The maximum atomic E-state index is 14.1. The number of hydrogen-bond donors (Lipinski definition) is 3. The second kappa shape index (κ2) is 11.7. The molecule has 1 aliphatic rings. The van der Waals surface area contributed by atoms with Crippen LogP contribution in [0.15, 0.2) is 48.7 Å². The lowest BCUT2D eigenvalue weighted by molar-refractivity contribution is -0.140. The van der Waals surface area contributed by atoms with E-state index in [4.69, 9.17) is 0 Å². The first-order valence-corrected chi connectivity index (χ1v) is 11.1. The molecule has 1 aliphatic heterocycles. The van der Waals surface area contributed by atoms with Gasteiger partial charge in [0.1, 0.15) is 11.6 Å². The molecule has 0 unspecified atom stereocenters. The molecule has 198 valence electrons. The lowest BCUT2D eigenvalue weighted by Crippen LogP contribution is -2.46. The molecule has 0 saturated heterocycles. The van der Waals surface area contributed by atoms with Crippen LogP contribution in [-0.2, 0) is 19.1 Å². The van der Waals surface area contributed by atoms with Crippen LogP contribution in [0.25, 0.3) is 0 Å². The highest BCUT2D eigenvalue weighted by molar-refractivity contribution is 5.85. The highest BCUT2D eigenvalue weighted by Crippen LogP contribution is 2.32. The third-order valence-electron chi connectivity index (χ3n) is 5.74. The summed E-state index contributed by atoms with van der Waals surface area (Å²) in [6.45, 7) is 0.727. The third-order valence-corrected chi connectivity index (χ3v) is 5.74. The Kier molecular flexibility index (Phi) is 8.87. The van der Waals surface area contributed by atoms with Crippen LogP contribution in [0.4, 0.5) is 38.4 Å². The quantitative estimate of drug-likeness (QED) is 0.383. The first-order valence-electron chi connectivity index (χ1n) is 11.1. The van der Waals surface area contributed by atoms with Gasteiger partial charge in [-0.2, -0.15) is 13.2 Å². The molecule has 0 spiro atoms. The molecule has 0 saturated carbocycles. The van der Waals surface area contributed by atoms with E-state index < -0.39 is 29.6 Å². The van der Waals surface area contributed by atoms with Gasteiger partial charge in [0, 0.05) is 25.0 Å². The number of anilines is 2. The molecule has 3 aromatic rings. The zero-order valence-corrected chi connectivity index (χ0v) is 20.4. The number of benzene rings is 2. The summed E-state index contributed by atoms with van der Waals surface area (Å²) in [4.78, 5) is 23.3. The smallest absolute Gasteiger partial charge is 0.330 e. The van der Waals surface area contributed by atoms with Gasteiger partial charge in [-0.05, 0) is 61.0 Å². The van der Waals surface area contributed by atoms with Gasteiger partial charge in [-0.15, -0.1) is 12.4 Å². The summed E-state index contributed by atoms with van der Waals surface area (Å²) >= 11 is 0. The Bertz CT molecular complexity index is 1240. The molecule has 2 aromatic carbocycles. The molecular weight excluding hydrogens is 519 g/mol. The molecule has 0 fully saturated rings. The largest absolute Gasteiger partial charge is 0.419 e. The van der Waals surface area contributed by atoms with Crippen molar-refractivity contribution in [2.24, 2.45) is 0 Å². The minimum atomic E-state index is -4.81. The number of carbonyl (C=O) groups is 1. The third kappa shape index (κ3) is 6.83. The van der Waals surface area contributed by atoms with Gasteiger partial charge in [0.2, 0.25) is 5.95 Å². The minimum Gasteiger partial charge on any atom is -0.330 e. The van der Waals surface area contributed by atoms with Gasteiger partial charge in [0.05, 0.1) is 23.8 Å². The molecule has 7 nitrogen and oxygen atoms in total. The van der Waals surface area contributed by atoms with Crippen molar-refractivity contribution in [3.63, 3.8) is 0 Å². The molecule has 0 aliphatic carbocycles. The number of hydrogen-bond acceptors (Lipinski definition) is 5. The first kappa shape index (κ1) is 28.1. The Labute approximate surface area is 215 Å². The molecule has 13 heteroatoms. The topological polar surface area (TPSA) is 82.2 Å². The number of fused-ring (bicyclic) bond motifs is 1. The van der Waals surface area contributed by atoms with Gasteiger partial charge in [-0.25, -0.2) is 23.5 Å². The van der Waals surface area contributed by atoms with E-state index in [-0.39, 0.29) is 42.8 Å². The zero-order valence-electron chi connectivity index (χ0n) is 19.6. The number of halogens is 6. The van der Waals surface area contributed by atoms with Crippen molar-refractivity contribution in [1.29, 1.82) is 0 Å². The highest BCUT2D eigenvalue weighted by Gasteiger charge is 2.34. The Morgan fingerprint density at radius 1 is 1.14 bits per heavy atom. The van der Waals surface area contributed by atoms with E-state index in [9.17, 15) is 26.7 Å². The molecule has 2 heterocycles. The van der Waals surface area contributed by atoms with E-state index in [0.29, 0.717) is 30.4 Å². The molecule has 1 aromatic heterocycles. The van der Waals surface area contributed by atoms with E-state index in [1.807, 2.05) is 0 Å². The van der Waals surface area contributed by atoms with E-state index in [1.54, 1.807) is 25.4 Å². The SMILES string of the molecule is CNC[C@@H](NC(=O)N1CCc2cnc(Nc3ccc(F)cc3)nc2C1)c1ccc(C(F)(F)F)c(F)c1.Cl. The maximum Gasteiger partial charge on any atom is 0.419 e. The number of amides is 2. The number of nitrogens with zero attached hydrogens (tertiary/aromatic N) is 3. The predicted molar refractivity (Wildman–Crippen MR) is 130 cm³/mol. The van der Waals surface area contributed by atoms with Gasteiger partial charge < -0.3 is 20.9 Å². The van der Waals surface area contributed by atoms with Gasteiger partial charge in [-0.3, -0.25) is 0 Å². The monoisotopic (exact) mass is 542 g/mol. The van der Waals surface area contributed by atoms with E-state index in [1.165, 1.54) is 17.0 Å². The average Bonchev–Trinajstić information content (AvgIpc) is 2.84. The Hall–Kier alpha value is -3.51. The van der Waals surface area contributed by atoms with Crippen molar-refractivity contribution in [1.82, 2.24) is 25.5 Å². The standard InChI is InChI=1S/C24H23F5N6O.ClH/c1-30-12-20(14-2-7-18(19(26)10-14)24(27,28)29)34-23(36)35-9-8-15-11-31-22(33-21(15)13-35)32-17-5-3-16(25)4-6-17;/h2-7,10-11,20,30H,8-9,12-13H2,1H3,(H,34,36)(H,31,32,33);1H/t20-;/m1./s1. The van der Waals surface area contributed by atoms with Crippen molar-refractivity contribution < 1.29 is 26.7 Å². The normalized spacial score (nSPS) is 13.8. The highest BCUT2D eigenvalue weighted by atomic mass is 35.5. The average molecular weight is 543 g/mol. The summed E-state index contributed by atoms with van der Waals surface area (Å²) in [5.74, 6) is -1.49. The number of alkyl halides is 3. The first-order chi connectivity index (χ1) is 17.1. The maximum absolute atomic E-state index is 14.1. The lowest BCUT2D eigenvalue weighted by Gasteiger charge is -2.30. The van der Waals surface area contributed by atoms with Crippen LogP contribution < -0.4 is 16.0 Å². The van der Waals surface area contributed by atoms with Crippen LogP contribution in [0.2, 0.25) is 0 Å². The number of carbonyl (C=O) groups excluding carboxylic acids is 1. The Balaban J connectivity index is 0.00000380. The van der Waals surface area contributed by atoms with E-state index in [2.05, 4.69) is 25.9 Å². The number of nitrogens with one attached hydrogen (secondary N) is 3. The van der Waals surface area contributed by atoms with Crippen molar-refractivity contribution in [2.75, 3.05) is 25.5 Å². The summed E-state index contributed by atoms with van der Waals surface area (Å²) in [5.41, 5.74) is 0.939. The molecule has 2 amide bonds. The fraction of sp³-hybridized carbons (Fsp3) is 0.292. The van der Waals surface area contributed by atoms with Gasteiger partial charge in [-0.1, -0.05) is 6.07 Å². The fourth-order valence-electron chi connectivity index (χ4n) is 3.87. The van der Waals surface area contributed by atoms with Crippen LogP contribution in [-0.4, -0.2) is 41.0 Å². The number of aromatic nitrogens is 2. The van der Waals surface area contributed by atoms with Gasteiger partial charge >= 0.3 is 12.2 Å². The Morgan fingerprint density at radius 2 is 1.86 bits per heavy atom. The van der Waals surface area contributed by atoms with Crippen LogP contribution in [0.5, 0.6) is 0 Å². The second-order valence-corrected chi connectivity index (χ2v) is 8.27. The van der Waals surface area contributed by atoms with Crippen LogP contribution in [0.1, 0.15) is 28.4 Å². The lowest BCUT2D eigenvalue weighted by atomic mass is 10.0. The number of likely N-dealkylation sites (N-methyl/N-ethyl adjacent to an activating group) is 1. The second-order valence-electron chi connectivity index (χ2n) is 8.27. The molecule has 1 atom stereocenters. The number of urea groups is 1. The van der Waals surface area contributed by atoms with Crippen LogP contribution in [0, 0.1) is 11.6 Å². The molecule has 37 heavy (non-hydrogen) atoms. The zero-order chi connectivity index (χ0) is 25.9. The van der Waals surface area contributed by atoms with Crippen molar-refractivity contribution in [2.45, 2.75) is 25.2 Å². The summed E-state index contributed by atoms with van der Waals surface area (Å²) in [7, 11) is 1.61. The van der Waals surface area contributed by atoms with Gasteiger partial charge in [0.15, 0.2) is 0 Å². The molecule has 0 bridgehead atoms. The van der Waals surface area contributed by atoms with E-state index >= 15 is 0 Å². The predicted octanol–water partition coefficient (Wildman–Crippen LogP) is 4.97. The van der Waals surface area contributed by atoms with Crippen molar-refractivity contribution in [3.8, 4) is 0 Å². The molecule has 4 rings (SSSR count). The Morgan fingerprint density at radius 3 is 2.51 bits per heavy atom. The molecule has 0 radical (unpaired) electrons. The molecule has 3 N–H and O–H groups in total. The summed E-state index contributed by atoms with van der Waals surface area (Å²) < 4.78 is 66.0. The fourth-order valence-corrected chi connectivity index (χ4v) is 3.87. The minimum absolute atomic E-state index is 0. The summed E-state index contributed by atoms with van der Waals surface area (Å²) in [6, 6.07) is 7.08.